The fraction of sp³-hybridized carbons (Fsp3) is 0.455. The van der Waals surface area contributed by atoms with Gasteiger partial charge in [0.1, 0.15) is 5.75 Å². The minimum Gasteiger partial charge on any atom is -0.508 e. The first-order valence-electron chi connectivity index (χ1n) is 4.97. The highest BCUT2D eigenvalue weighted by molar-refractivity contribution is 5.30. The van der Waals surface area contributed by atoms with Crippen LogP contribution in [0.5, 0.6) is 5.75 Å². The summed E-state index contributed by atoms with van der Waals surface area (Å²) in [4.78, 5) is 0. The molecule has 2 N–H and O–H groups in total. The maximum atomic E-state index is 13.5. The number of aromatic hydroxyl groups is 1. The highest BCUT2D eigenvalue weighted by Crippen LogP contribution is 2.38. The predicted molar refractivity (Wildman–Crippen MR) is 53.3 cm³/mol. The van der Waals surface area contributed by atoms with Crippen LogP contribution in [-0.2, 0) is 0 Å². The van der Waals surface area contributed by atoms with E-state index in [1.54, 1.807) is 12.1 Å². The molecule has 4 heteroatoms. The van der Waals surface area contributed by atoms with Crippen molar-refractivity contribution >= 4 is 0 Å². The number of halogens is 2. The molecule has 0 bridgehead atoms. The van der Waals surface area contributed by atoms with Gasteiger partial charge >= 0.3 is 0 Å². The van der Waals surface area contributed by atoms with E-state index in [0.29, 0.717) is 18.5 Å². The summed E-state index contributed by atoms with van der Waals surface area (Å²) in [7, 11) is 0. The number of alkyl halides is 2. The minimum absolute atomic E-state index is 0.107. The molecule has 2 rings (SSSR count). The van der Waals surface area contributed by atoms with Gasteiger partial charge in [0, 0.05) is 0 Å². The number of phenolic OH excluding ortho intramolecular Hbond substituents is 1. The monoisotopic (exact) mass is 213 g/mol. The summed E-state index contributed by atoms with van der Waals surface area (Å²) < 4.78 is 27.1. The van der Waals surface area contributed by atoms with E-state index < -0.39 is 11.8 Å². The third kappa shape index (κ3) is 2.09. The lowest BCUT2D eigenvalue weighted by molar-refractivity contribution is -0.0420. The van der Waals surface area contributed by atoms with Gasteiger partial charge < -0.3 is 10.4 Å². The van der Waals surface area contributed by atoms with Gasteiger partial charge in [-0.3, -0.25) is 0 Å². The Kier molecular flexibility index (Phi) is 2.61. The van der Waals surface area contributed by atoms with Gasteiger partial charge in [0.25, 0.3) is 5.92 Å². The van der Waals surface area contributed by atoms with Gasteiger partial charge in [0.2, 0.25) is 0 Å². The Labute approximate surface area is 86.9 Å². The van der Waals surface area contributed by atoms with E-state index in [9.17, 15) is 8.78 Å². The highest BCUT2D eigenvalue weighted by Gasteiger charge is 2.42. The summed E-state index contributed by atoms with van der Waals surface area (Å²) >= 11 is 0. The summed E-state index contributed by atoms with van der Waals surface area (Å²) in [5.41, 5.74) is 0.597. The largest absolute Gasteiger partial charge is 0.508 e. The van der Waals surface area contributed by atoms with Crippen molar-refractivity contribution in [3.8, 4) is 5.75 Å². The van der Waals surface area contributed by atoms with Crippen LogP contribution in [0.2, 0.25) is 0 Å². The van der Waals surface area contributed by atoms with E-state index >= 15 is 0 Å². The Morgan fingerprint density at radius 3 is 2.53 bits per heavy atom. The summed E-state index contributed by atoms with van der Waals surface area (Å²) in [5, 5.41) is 11.8. The molecular formula is C11H13F2NO. The maximum Gasteiger partial charge on any atom is 0.267 e. The molecule has 1 aliphatic rings. The lowest BCUT2D eigenvalue weighted by Gasteiger charge is -2.32. The van der Waals surface area contributed by atoms with Gasteiger partial charge in [-0.1, -0.05) is 12.1 Å². The SMILES string of the molecule is Oc1ccc(C2CCNCC2(F)F)cc1. The molecule has 1 aliphatic heterocycles. The second kappa shape index (κ2) is 3.77. The van der Waals surface area contributed by atoms with E-state index in [4.69, 9.17) is 5.11 Å². The molecule has 0 spiro atoms. The first-order chi connectivity index (χ1) is 7.09. The van der Waals surface area contributed by atoms with Gasteiger partial charge in [-0.15, -0.1) is 0 Å². The minimum atomic E-state index is -2.70. The zero-order valence-corrected chi connectivity index (χ0v) is 8.21. The number of benzene rings is 1. The smallest absolute Gasteiger partial charge is 0.267 e. The normalized spacial score (nSPS) is 25.1. The third-order valence-electron chi connectivity index (χ3n) is 2.78. The Morgan fingerprint density at radius 1 is 1.27 bits per heavy atom. The van der Waals surface area contributed by atoms with E-state index in [1.165, 1.54) is 12.1 Å². The summed E-state index contributed by atoms with van der Waals surface area (Å²) in [6.45, 7) is 0.347. The topological polar surface area (TPSA) is 32.3 Å². The molecule has 0 saturated carbocycles. The summed E-state index contributed by atoms with van der Waals surface area (Å²) in [6.07, 6.45) is 0.428. The molecule has 1 aromatic carbocycles. The van der Waals surface area contributed by atoms with Crippen molar-refractivity contribution in [3.63, 3.8) is 0 Å². The fourth-order valence-electron chi connectivity index (χ4n) is 1.95. The third-order valence-corrected chi connectivity index (χ3v) is 2.78. The molecular weight excluding hydrogens is 200 g/mol. The molecule has 82 valence electrons. The maximum absolute atomic E-state index is 13.5. The second-order valence-electron chi connectivity index (χ2n) is 3.87. The summed E-state index contributed by atoms with van der Waals surface area (Å²) in [5.74, 6) is -3.33. The first kappa shape index (κ1) is 10.4. The molecule has 0 radical (unpaired) electrons. The average molecular weight is 213 g/mol. The lowest BCUT2D eigenvalue weighted by atomic mass is 9.87. The molecule has 1 aromatic rings. The number of hydrogen-bond acceptors (Lipinski definition) is 2. The van der Waals surface area contributed by atoms with E-state index in [2.05, 4.69) is 5.32 Å². The van der Waals surface area contributed by atoms with Crippen molar-refractivity contribution in [1.82, 2.24) is 5.32 Å². The van der Waals surface area contributed by atoms with Gasteiger partial charge in [-0.2, -0.15) is 0 Å². The average Bonchev–Trinajstić information content (AvgIpc) is 2.19. The Hall–Kier alpha value is -1.16. The Morgan fingerprint density at radius 2 is 1.93 bits per heavy atom. The fourth-order valence-corrected chi connectivity index (χ4v) is 1.95. The number of rotatable bonds is 1. The highest BCUT2D eigenvalue weighted by atomic mass is 19.3. The van der Waals surface area contributed by atoms with Gasteiger partial charge in [0.05, 0.1) is 12.5 Å². The number of hydrogen-bond donors (Lipinski definition) is 2. The van der Waals surface area contributed by atoms with Crippen LogP contribution in [0.1, 0.15) is 17.9 Å². The Bertz CT molecular complexity index is 337. The predicted octanol–water partition coefficient (Wildman–Crippen LogP) is 2.10. The van der Waals surface area contributed by atoms with Crippen LogP contribution >= 0.6 is 0 Å². The van der Waals surface area contributed by atoms with Crippen molar-refractivity contribution in [1.29, 1.82) is 0 Å². The van der Waals surface area contributed by atoms with Gasteiger partial charge in [0.15, 0.2) is 0 Å². The number of phenols is 1. The molecule has 0 aromatic heterocycles. The van der Waals surface area contributed by atoms with Crippen LogP contribution in [0.3, 0.4) is 0 Å². The summed E-state index contributed by atoms with van der Waals surface area (Å²) in [6, 6.07) is 6.04. The van der Waals surface area contributed by atoms with Gasteiger partial charge in [-0.25, -0.2) is 8.78 Å². The molecule has 2 nitrogen and oxygen atoms in total. The van der Waals surface area contributed by atoms with Gasteiger partial charge in [-0.05, 0) is 30.7 Å². The van der Waals surface area contributed by atoms with Crippen molar-refractivity contribution in [3.05, 3.63) is 29.8 Å². The standard InChI is InChI=1S/C11H13F2NO/c12-11(13)7-14-6-5-10(11)8-1-3-9(15)4-2-8/h1-4,10,14-15H,5-7H2. The van der Waals surface area contributed by atoms with Crippen molar-refractivity contribution < 1.29 is 13.9 Å². The van der Waals surface area contributed by atoms with Crippen molar-refractivity contribution in [2.24, 2.45) is 0 Å². The molecule has 1 unspecified atom stereocenters. The Balaban J connectivity index is 2.25. The molecule has 1 fully saturated rings. The van der Waals surface area contributed by atoms with Crippen LogP contribution in [0.15, 0.2) is 24.3 Å². The van der Waals surface area contributed by atoms with Crippen LogP contribution < -0.4 is 5.32 Å². The number of piperidine rings is 1. The van der Waals surface area contributed by atoms with Crippen LogP contribution in [0, 0.1) is 0 Å². The van der Waals surface area contributed by atoms with E-state index in [0.717, 1.165) is 0 Å². The molecule has 15 heavy (non-hydrogen) atoms. The zero-order chi connectivity index (χ0) is 10.9. The van der Waals surface area contributed by atoms with Crippen LogP contribution in [0.4, 0.5) is 8.78 Å². The molecule has 0 amide bonds. The number of nitrogens with one attached hydrogen (secondary N) is 1. The van der Waals surface area contributed by atoms with Crippen molar-refractivity contribution in [2.75, 3.05) is 13.1 Å². The second-order valence-corrected chi connectivity index (χ2v) is 3.87. The quantitative estimate of drug-likeness (QED) is 0.748. The molecule has 0 aliphatic carbocycles. The van der Waals surface area contributed by atoms with E-state index in [-0.39, 0.29) is 12.3 Å². The van der Waals surface area contributed by atoms with E-state index in [1.807, 2.05) is 0 Å². The molecule has 1 saturated heterocycles. The van der Waals surface area contributed by atoms with Crippen LogP contribution in [0.25, 0.3) is 0 Å². The van der Waals surface area contributed by atoms with Crippen molar-refractivity contribution in [2.45, 2.75) is 18.3 Å². The lowest BCUT2D eigenvalue weighted by Crippen LogP contribution is -2.44. The molecule has 1 atom stereocenters. The first-order valence-corrected chi connectivity index (χ1v) is 4.97. The zero-order valence-electron chi connectivity index (χ0n) is 8.21. The van der Waals surface area contributed by atoms with Crippen LogP contribution in [-0.4, -0.2) is 24.1 Å². The molecule has 1 heterocycles.